The van der Waals surface area contributed by atoms with Crippen molar-refractivity contribution in [1.29, 1.82) is 0 Å². The topological polar surface area (TPSA) is 51.7 Å². The summed E-state index contributed by atoms with van der Waals surface area (Å²) in [4.78, 5) is 18.4. The molecule has 0 fully saturated rings. The van der Waals surface area contributed by atoms with Gasteiger partial charge in [-0.1, -0.05) is 6.07 Å². The first-order valence-electron chi connectivity index (χ1n) is 7.39. The van der Waals surface area contributed by atoms with Crippen LogP contribution in [-0.2, 0) is 17.8 Å². The number of methoxy groups -OCH3 is 2. The molecule has 2 rings (SSSR count). The minimum absolute atomic E-state index is 0.102. The molecule has 0 aliphatic rings. The molecule has 124 valence electrons. The van der Waals surface area contributed by atoms with E-state index < -0.39 is 0 Å². The summed E-state index contributed by atoms with van der Waals surface area (Å²) >= 11 is 1.60. The molecule has 5 nitrogen and oxygen atoms in total. The van der Waals surface area contributed by atoms with Crippen LogP contribution in [0.25, 0.3) is 0 Å². The van der Waals surface area contributed by atoms with Gasteiger partial charge in [0.25, 0.3) is 0 Å². The van der Waals surface area contributed by atoms with Gasteiger partial charge in [0.2, 0.25) is 5.91 Å². The predicted octanol–water partition coefficient (Wildman–Crippen LogP) is 3.06. The van der Waals surface area contributed by atoms with Crippen LogP contribution in [0.15, 0.2) is 23.6 Å². The lowest BCUT2D eigenvalue weighted by atomic mass is 10.1. The van der Waals surface area contributed by atoms with Crippen molar-refractivity contribution in [2.24, 2.45) is 0 Å². The smallest absolute Gasteiger partial charge is 0.222 e. The first kappa shape index (κ1) is 17.3. The highest BCUT2D eigenvalue weighted by atomic mass is 32.1. The van der Waals surface area contributed by atoms with Crippen molar-refractivity contribution >= 4 is 17.2 Å². The third-order valence-electron chi connectivity index (χ3n) is 3.57. The number of aryl methyl sites for hydroxylation is 2. The van der Waals surface area contributed by atoms with Crippen LogP contribution in [0, 0.1) is 6.92 Å². The average molecular weight is 334 g/mol. The van der Waals surface area contributed by atoms with Gasteiger partial charge in [0, 0.05) is 18.8 Å². The maximum atomic E-state index is 12.3. The van der Waals surface area contributed by atoms with Crippen molar-refractivity contribution in [2.45, 2.75) is 26.3 Å². The number of carbonyl (C=O) groups is 1. The first-order chi connectivity index (χ1) is 11.0. The van der Waals surface area contributed by atoms with Crippen molar-refractivity contribution in [1.82, 2.24) is 9.88 Å². The van der Waals surface area contributed by atoms with E-state index in [-0.39, 0.29) is 5.91 Å². The SMILES string of the molecule is COc1ccc(CCC(=O)N(C)Cc2csc(C)n2)cc1OC. The van der Waals surface area contributed by atoms with Gasteiger partial charge in [-0.05, 0) is 31.0 Å². The third-order valence-corrected chi connectivity index (χ3v) is 4.39. The minimum Gasteiger partial charge on any atom is -0.493 e. The molecule has 0 N–H and O–H groups in total. The van der Waals surface area contributed by atoms with E-state index >= 15 is 0 Å². The second kappa shape index (κ2) is 7.97. The van der Waals surface area contributed by atoms with E-state index in [1.54, 1.807) is 30.5 Å². The molecule has 0 saturated carbocycles. The van der Waals surface area contributed by atoms with Gasteiger partial charge in [0.05, 0.1) is 31.5 Å². The van der Waals surface area contributed by atoms with Crippen molar-refractivity contribution in [3.8, 4) is 11.5 Å². The Hall–Kier alpha value is -2.08. The van der Waals surface area contributed by atoms with Crippen LogP contribution >= 0.6 is 11.3 Å². The van der Waals surface area contributed by atoms with E-state index in [9.17, 15) is 4.79 Å². The molecule has 0 radical (unpaired) electrons. The number of hydrogen-bond acceptors (Lipinski definition) is 5. The summed E-state index contributed by atoms with van der Waals surface area (Å²) in [5, 5.41) is 3.01. The number of thiazole rings is 1. The Morgan fingerprint density at radius 1 is 1.26 bits per heavy atom. The number of aromatic nitrogens is 1. The van der Waals surface area contributed by atoms with Crippen LogP contribution in [0.2, 0.25) is 0 Å². The molecule has 0 spiro atoms. The van der Waals surface area contributed by atoms with Crippen LogP contribution < -0.4 is 9.47 Å². The Labute approximate surface area is 140 Å². The number of amides is 1. The molecular weight excluding hydrogens is 312 g/mol. The summed E-state index contributed by atoms with van der Waals surface area (Å²) in [6, 6.07) is 5.73. The maximum Gasteiger partial charge on any atom is 0.222 e. The summed E-state index contributed by atoms with van der Waals surface area (Å²) in [5.74, 6) is 1.48. The molecule has 0 aliphatic carbocycles. The Morgan fingerprint density at radius 2 is 2.00 bits per heavy atom. The molecule has 0 saturated heterocycles. The fourth-order valence-corrected chi connectivity index (χ4v) is 2.89. The van der Waals surface area contributed by atoms with Gasteiger partial charge in [0.1, 0.15) is 0 Å². The van der Waals surface area contributed by atoms with Gasteiger partial charge in [-0.3, -0.25) is 4.79 Å². The molecule has 0 unspecified atom stereocenters. The average Bonchev–Trinajstić information content (AvgIpc) is 2.96. The molecular formula is C17H22N2O3S. The molecule has 0 aliphatic heterocycles. The molecule has 1 aromatic carbocycles. The Bertz CT molecular complexity index is 670. The maximum absolute atomic E-state index is 12.3. The van der Waals surface area contributed by atoms with Crippen molar-refractivity contribution < 1.29 is 14.3 Å². The zero-order valence-electron chi connectivity index (χ0n) is 14.0. The summed E-state index contributed by atoms with van der Waals surface area (Å²) in [6.07, 6.45) is 1.12. The van der Waals surface area contributed by atoms with Crippen LogP contribution in [-0.4, -0.2) is 37.1 Å². The second-order valence-corrected chi connectivity index (χ2v) is 6.36. The van der Waals surface area contributed by atoms with E-state index in [2.05, 4.69) is 4.98 Å². The summed E-state index contributed by atoms with van der Waals surface area (Å²) in [5.41, 5.74) is 1.99. The Morgan fingerprint density at radius 3 is 2.61 bits per heavy atom. The molecule has 0 bridgehead atoms. The predicted molar refractivity (Wildman–Crippen MR) is 91.2 cm³/mol. The number of hydrogen-bond donors (Lipinski definition) is 0. The van der Waals surface area contributed by atoms with E-state index in [0.29, 0.717) is 30.9 Å². The number of nitrogens with zero attached hydrogens (tertiary/aromatic N) is 2. The summed E-state index contributed by atoms with van der Waals surface area (Å²) in [6.45, 7) is 2.52. The van der Waals surface area contributed by atoms with Crippen LogP contribution in [0.5, 0.6) is 11.5 Å². The standard InChI is InChI=1S/C17H22N2O3S/c1-12-18-14(11-23-12)10-19(2)17(20)8-6-13-5-7-15(21-3)16(9-13)22-4/h5,7,9,11H,6,8,10H2,1-4H3. The second-order valence-electron chi connectivity index (χ2n) is 5.30. The van der Waals surface area contributed by atoms with Gasteiger partial charge in [-0.15, -0.1) is 11.3 Å². The van der Waals surface area contributed by atoms with Crippen molar-refractivity contribution in [2.75, 3.05) is 21.3 Å². The highest BCUT2D eigenvalue weighted by Gasteiger charge is 2.12. The number of carbonyl (C=O) groups excluding carboxylic acids is 1. The molecule has 23 heavy (non-hydrogen) atoms. The van der Waals surface area contributed by atoms with Gasteiger partial charge < -0.3 is 14.4 Å². The van der Waals surface area contributed by atoms with Crippen LogP contribution in [0.4, 0.5) is 0 Å². The number of rotatable bonds is 7. The normalized spacial score (nSPS) is 10.4. The zero-order valence-corrected chi connectivity index (χ0v) is 14.8. The lowest BCUT2D eigenvalue weighted by molar-refractivity contribution is -0.130. The zero-order chi connectivity index (χ0) is 16.8. The molecule has 1 amide bonds. The highest BCUT2D eigenvalue weighted by molar-refractivity contribution is 7.09. The van der Waals surface area contributed by atoms with Crippen molar-refractivity contribution in [3.63, 3.8) is 0 Å². The van der Waals surface area contributed by atoms with E-state index in [1.807, 2.05) is 37.6 Å². The fourth-order valence-electron chi connectivity index (χ4n) is 2.29. The van der Waals surface area contributed by atoms with Crippen molar-refractivity contribution in [3.05, 3.63) is 39.8 Å². The monoisotopic (exact) mass is 334 g/mol. The Balaban J connectivity index is 1.90. The molecule has 0 atom stereocenters. The van der Waals surface area contributed by atoms with Gasteiger partial charge in [-0.2, -0.15) is 0 Å². The molecule has 1 aromatic heterocycles. The first-order valence-corrected chi connectivity index (χ1v) is 8.27. The largest absolute Gasteiger partial charge is 0.493 e. The van der Waals surface area contributed by atoms with Crippen LogP contribution in [0.1, 0.15) is 22.7 Å². The highest BCUT2D eigenvalue weighted by Crippen LogP contribution is 2.28. The lowest BCUT2D eigenvalue weighted by Gasteiger charge is -2.16. The quantitative estimate of drug-likeness (QED) is 0.781. The minimum atomic E-state index is 0.102. The molecule has 2 aromatic rings. The fraction of sp³-hybridized carbons (Fsp3) is 0.412. The number of benzene rings is 1. The Kier molecular flexibility index (Phi) is 5.98. The molecule has 6 heteroatoms. The summed E-state index contributed by atoms with van der Waals surface area (Å²) in [7, 11) is 5.03. The number of ether oxygens (including phenoxy) is 2. The van der Waals surface area contributed by atoms with E-state index in [1.165, 1.54) is 0 Å². The van der Waals surface area contributed by atoms with Gasteiger partial charge in [-0.25, -0.2) is 4.98 Å². The van der Waals surface area contributed by atoms with E-state index in [4.69, 9.17) is 9.47 Å². The van der Waals surface area contributed by atoms with E-state index in [0.717, 1.165) is 16.3 Å². The third kappa shape index (κ3) is 4.69. The molecule has 1 heterocycles. The van der Waals surface area contributed by atoms with Gasteiger partial charge in [0.15, 0.2) is 11.5 Å². The lowest BCUT2D eigenvalue weighted by Crippen LogP contribution is -2.26. The summed E-state index contributed by atoms with van der Waals surface area (Å²) < 4.78 is 10.5. The van der Waals surface area contributed by atoms with Gasteiger partial charge >= 0.3 is 0 Å². The van der Waals surface area contributed by atoms with Crippen LogP contribution in [0.3, 0.4) is 0 Å².